The fourth-order valence-electron chi connectivity index (χ4n) is 2.32. The van der Waals surface area contributed by atoms with E-state index in [9.17, 15) is 4.79 Å². The molecule has 1 aliphatic heterocycles. The first kappa shape index (κ1) is 13.4. The fraction of sp³-hybridized carbons (Fsp3) is 0.500. The van der Waals surface area contributed by atoms with Gasteiger partial charge < -0.3 is 10.4 Å². The summed E-state index contributed by atoms with van der Waals surface area (Å²) in [4.78, 5) is 11.1. The molecule has 1 fully saturated rings. The Morgan fingerprint density at radius 1 is 1.50 bits per heavy atom. The lowest BCUT2D eigenvalue weighted by Crippen LogP contribution is -2.32. The third-order valence-corrected chi connectivity index (χ3v) is 4.90. The van der Waals surface area contributed by atoms with Gasteiger partial charge in [0.05, 0.1) is 5.56 Å². The lowest BCUT2D eigenvalue weighted by Gasteiger charge is -2.23. The quantitative estimate of drug-likeness (QED) is 0.859. The maximum atomic E-state index is 11.1. The summed E-state index contributed by atoms with van der Waals surface area (Å²) in [5.74, 6) is 0.387. The molecule has 2 N–H and O–H groups in total. The SMILES string of the molecule is CC1(CNCc2ccccc2C(=O)O)CCCS1. The number of hydrogen-bond acceptors (Lipinski definition) is 3. The molecule has 1 atom stereocenters. The first-order valence-electron chi connectivity index (χ1n) is 6.27. The largest absolute Gasteiger partial charge is 0.478 e. The minimum absolute atomic E-state index is 0.318. The summed E-state index contributed by atoms with van der Waals surface area (Å²) in [5.41, 5.74) is 1.26. The van der Waals surface area contributed by atoms with Crippen LogP contribution in [0.15, 0.2) is 24.3 Å². The number of carboxylic acid groups (broad SMARTS) is 1. The van der Waals surface area contributed by atoms with Crippen LogP contribution >= 0.6 is 11.8 Å². The van der Waals surface area contributed by atoms with Crippen molar-refractivity contribution in [2.45, 2.75) is 31.1 Å². The molecule has 0 spiro atoms. The van der Waals surface area contributed by atoms with Crippen LogP contribution in [0, 0.1) is 0 Å². The molecule has 18 heavy (non-hydrogen) atoms. The third kappa shape index (κ3) is 3.27. The summed E-state index contributed by atoms with van der Waals surface area (Å²) in [6.07, 6.45) is 2.53. The highest BCUT2D eigenvalue weighted by molar-refractivity contribution is 8.00. The van der Waals surface area contributed by atoms with Gasteiger partial charge >= 0.3 is 5.97 Å². The predicted octanol–water partition coefficient (Wildman–Crippen LogP) is 2.76. The van der Waals surface area contributed by atoms with E-state index in [1.165, 1.54) is 18.6 Å². The monoisotopic (exact) mass is 265 g/mol. The molecule has 0 aromatic heterocycles. The number of rotatable bonds is 5. The molecule has 1 aliphatic rings. The van der Waals surface area contributed by atoms with E-state index >= 15 is 0 Å². The van der Waals surface area contributed by atoms with Crippen LogP contribution in [0.1, 0.15) is 35.7 Å². The van der Waals surface area contributed by atoms with Gasteiger partial charge in [-0.25, -0.2) is 4.79 Å². The van der Waals surface area contributed by atoms with Crippen LogP contribution in [-0.4, -0.2) is 28.1 Å². The molecule has 0 aliphatic carbocycles. The lowest BCUT2D eigenvalue weighted by atomic mass is 10.0. The van der Waals surface area contributed by atoms with Crippen molar-refractivity contribution in [1.29, 1.82) is 0 Å². The maximum Gasteiger partial charge on any atom is 0.336 e. The van der Waals surface area contributed by atoms with Gasteiger partial charge in [0.1, 0.15) is 0 Å². The van der Waals surface area contributed by atoms with Crippen molar-refractivity contribution < 1.29 is 9.90 Å². The van der Waals surface area contributed by atoms with E-state index in [2.05, 4.69) is 12.2 Å². The van der Waals surface area contributed by atoms with Crippen molar-refractivity contribution in [2.75, 3.05) is 12.3 Å². The number of carboxylic acids is 1. The molecule has 1 saturated heterocycles. The summed E-state index contributed by atoms with van der Waals surface area (Å²) < 4.78 is 0.318. The standard InChI is InChI=1S/C14H19NO2S/c1-14(7-4-8-18-14)10-15-9-11-5-2-3-6-12(11)13(16)17/h2-3,5-6,15H,4,7-10H2,1H3,(H,16,17). The normalized spacial score (nSPS) is 23.2. The van der Waals surface area contributed by atoms with Gasteiger partial charge in [-0.1, -0.05) is 18.2 Å². The molecule has 1 aromatic carbocycles. The van der Waals surface area contributed by atoms with E-state index in [1.807, 2.05) is 23.9 Å². The van der Waals surface area contributed by atoms with Crippen molar-refractivity contribution in [2.24, 2.45) is 0 Å². The number of benzene rings is 1. The summed E-state index contributed by atoms with van der Waals surface area (Å²) in [6, 6.07) is 7.18. The summed E-state index contributed by atoms with van der Waals surface area (Å²) >= 11 is 2.01. The fourth-order valence-corrected chi connectivity index (χ4v) is 3.60. The van der Waals surface area contributed by atoms with Gasteiger partial charge in [-0.15, -0.1) is 0 Å². The third-order valence-electron chi connectivity index (χ3n) is 3.36. The highest BCUT2D eigenvalue weighted by Gasteiger charge is 2.28. The first-order chi connectivity index (χ1) is 8.61. The minimum Gasteiger partial charge on any atom is -0.478 e. The molecular formula is C14H19NO2S. The Morgan fingerprint density at radius 2 is 2.28 bits per heavy atom. The van der Waals surface area contributed by atoms with E-state index in [0.29, 0.717) is 16.9 Å². The van der Waals surface area contributed by atoms with Gasteiger partial charge in [0, 0.05) is 17.8 Å². The van der Waals surface area contributed by atoms with Gasteiger partial charge in [0.15, 0.2) is 0 Å². The number of thioether (sulfide) groups is 1. The second-order valence-electron chi connectivity index (χ2n) is 4.97. The maximum absolute atomic E-state index is 11.1. The lowest BCUT2D eigenvalue weighted by molar-refractivity contribution is 0.0695. The van der Waals surface area contributed by atoms with Crippen molar-refractivity contribution in [1.82, 2.24) is 5.32 Å². The average molecular weight is 265 g/mol. The molecule has 1 aromatic rings. The van der Waals surface area contributed by atoms with Crippen molar-refractivity contribution in [3.05, 3.63) is 35.4 Å². The zero-order valence-electron chi connectivity index (χ0n) is 10.6. The molecule has 0 bridgehead atoms. The van der Waals surface area contributed by atoms with Crippen LogP contribution in [0.3, 0.4) is 0 Å². The number of carbonyl (C=O) groups is 1. The number of nitrogens with one attached hydrogen (secondary N) is 1. The van der Waals surface area contributed by atoms with Gasteiger partial charge in [0.2, 0.25) is 0 Å². The second-order valence-corrected chi connectivity index (χ2v) is 6.65. The Kier molecular flexibility index (Phi) is 4.30. The number of aromatic carboxylic acids is 1. The van der Waals surface area contributed by atoms with E-state index in [4.69, 9.17) is 5.11 Å². The van der Waals surface area contributed by atoms with Gasteiger partial charge in [-0.2, -0.15) is 11.8 Å². The molecule has 98 valence electrons. The topological polar surface area (TPSA) is 49.3 Å². The Hall–Kier alpha value is -1.00. The van der Waals surface area contributed by atoms with Crippen molar-refractivity contribution in [3.8, 4) is 0 Å². The van der Waals surface area contributed by atoms with Crippen LogP contribution in [0.25, 0.3) is 0 Å². The second kappa shape index (κ2) is 5.76. The highest BCUT2D eigenvalue weighted by Crippen LogP contribution is 2.36. The Bertz CT molecular complexity index is 428. The molecule has 0 radical (unpaired) electrons. The Labute approximate surface area is 112 Å². The molecule has 1 heterocycles. The van der Waals surface area contributed by atoms with Crippen LogP contribution in [0.5, 0.6) is 0 Å². The Balaban J connectivity index is 1.92. The molecular weight excluding hydrogens is 246 g/mol. The summed E-state index contributed by atoms with van der Waals surface area (Å²) in [5, 5.41) is 12.5. The summed E-state index contributed by atoms with van der Waals surface area (Å²) in [6.45, 7) is 3.84. The Morgan fingerprint density at radius 3 is 2.94 bits per heavy atom. The van der Waals surface area contributed by atoms with E-state index in [-0.39, 0.29) is 0 Å². The van der Waals surface area contributed by atoms with Crippen LogP contribution in [0.4, 0.5) is 0 Å². The highest BCUT2D eigenvalue weighted by atomic mass is 32.2. The number of hydrogen-bond donors (Lipinski definition) is 2. The van der Waals surface area contributed by atoms with E-state index in [1.54, 1.807) is 12.1 Å². The summed E-state index contributed by atoms with van der Waals surface area (Å²) in [7, 11) is 0. The molecule has 2 rings (SSSR count). The molecule has 0 amide bonds. The van der Waals surface area contributed by atoms with Crippen LogP contribution < -0.4 is 5.32 Å². The zero-order chi connectivity index (χ0) is 13.0. The van der Waals surface area contributed by atoms with Crippen molar-refractivity contribution >= 4 is 17.7 Å². The molecule has 1 unspecified atom stereocenters. The van der Waals surface area contributed by atoms with E-state index < -0.39 is 5.97 Å². The molecule has 0 saturated carbocycles. The van der Waals surface area contributed by atoms with Crippen molar-refractivity contribution in [3.63, 3.8) is 0 Å². The minimum atomic E-state index is -0.853. The average Bonchev–Trinajstić information content (AvgIpc) is 2.77. The molecule has 3 nitrogen and oxygen atoms in total. The molecule has 4 heteroatoms. The smallest absolute Gasteiger partial charge is 0.336 e. The van der Waals surface area contributed by atoms with Gasteiger partial charge in [-0.3, -0.25) is 0 Å². The predicted molar refractivity (Wildman–Crippen MR) is 75.2 cm³/mol. The van der Waals surface area contributed by atoms with Gasteiger partial charge in [-0.05, 0) is 37.1 Å². The van der Waals surface area contributed by atoms with E-state index in [0.717, 1.165) is 12.1 Å². The van der Waals surface area contributed by atoms with Crippen LogP contribution in [0.2, 0.25) is 0 Å². The van der Waals surface area contributed by atoms with Crippen LogP contribution in [-0.2, 0) is 6.54 Å². The first-order valence-corrected chi connectivity index (χ1v) is 7.25. The van der Waals surface area contributed by atoms with Gasteiger partial charge in [0.25, 0.3) is 0 Å². The zero-order valence-corrected chi connectivity index (χ0v) is 11.4.